The molecule has 0 amide bonds. The van der Waals surface area contributed by atoms with E-state index in [1.807, 2.05) is 0 Å². The number of rotatable bonds is 1. The second-order valence-corrected chi connectivity index (χ2v) is 6.26. The number of Topliss-reactive ketones (excluding diaryl/α,β-unsaturated/α-hetero) is 1. The van der Waals surface area contributed by atoms with Crippen LogP contribution in [0.15, 0.2) is 59.3 Å². The Labute approximate surface area is 125 Å². The minimum absolute atomic E-state index is 0.0294. The van der Waals surface area contributed by atoms with E-state index < -0.39 is 0 Å². The van der Waals surface area contributed by atoms with Gasteiger partial charge >= 0.3 is 0 Å². The molecule has 0 saturated heterocycles. The Balaban J connectivity index is 1.71. The molecule has 2 heteroatoms. The summed E-state index contributed by atoms with van der Waals surface area (Å²) < 4.78 is 0. The van der Waals surface area contributed by atoms with Crippen LogP contribution in [0.25, 0.3) is 0 Å². The smallest absolute Gasteiger partial charge is 0.159 e. The lowest BCUT2D eigenvalue weighted by Gasteiger charge is -2.42. The molecule has 1 aromatic carbocycles. The van der Waals surface area contributed by atoms with Crippen molar-refractivity contribution in [2.75, 3.05) is 0 Å². The van der Waals surface area contributed by atoms with Crippen LogP contribution in [0.3, 0.4) is 0 Å². The third-order valence-electron chi connectivity index (χ3n) is 4.79. The summed E-state index contributed by atoms with van der Waals surface area (Å²) in [4.78, 5) is 14.7. The molecule has 106 valence electrons. The van der Waals surface area contributed by atoms with Gasteiger partial charge in [0, 0.05) is 25.1 Å². The highest BCUT2D eigenvalue weighted by Gasteiger charge is 2.35. The maximum absolute atomic E-state index is 12.3. The largest absolute Gasteiger partial charge is 0.357 e. The average Bonchev–Trinajstić information content (AvgIpc) is 2.92. The van der Waals surface area contributed by atoms with Crippen LogP contribution in [0.2, 0.25) is 0 Å². The molecule has 1 aromatic rings. The van der Waals surface area contributed by atoms with Gasteiger partial charge in [-0.25, -0.2) is 0 Å². The van der Waals surface area contributed by atoms with Gasteiger partial charge in [0.25, 0.3) is 0 Å². The zero-order valence-corrected chi connectivity index (χ0v) is 12.3. The highest BCUT2D eigenvalue weighted by atomic mass is 16.1. The highest BCUT2D eigenvalue weighted by molar-refractivity contribution is 5.88. The Bertz CT molecular complexity index is 708. The molecule has 2 heterocycles. The quantitative estimate of drug-likeness (QED) is 0.782. The number of ketones is 1. The first kappa shape index (κ1) is 12.6. The Morgan fingerprint density at radius 1 is 1.14 bits per heavy atom. The van der Waals surface area contributed by atoms with E-state index >= 15 is 0 Å². The van der Waals surface area contributed by atoms with E-state index in [1.165, 1.54) is 28.0 Å². The van der Waals surface area contributed by atoms with Gasteiger partial charge in [-0.05, 0) is 30.0 Å². The molecule has 0 N–H and O–H groups in total. The summed E-state index contributed by atoms with van der Waals surface area (Å²) in [5, 5.41) is 0. The molecule has 0 fully saturated rings. The maximum atomic E-state index is 12.3. The number of carbonyl (C=O) groups excluding carboxylic acids is 1. The van der Waals surface area contributed by atoms with Crippen LogP contribution in [-0.2, 0) is 17.8 Å². The van der Waals surface area contributed by atoms with Gasteiger partial charge in [0.05, 0.1) is 6.04 Å². The van der Waals surface area contributed by atoms with Gasteiger partial charge in [-0.15, -0.1) is 0 Å². The Hall–Kier alpha value is -2.09. The van der Waals surface area contributed by atoms with E-state index in [9.17, 15) is 4.79 Å². The number of benzene rings is 1. The van der Waals surface area contributed by atoms with Crippen molar-refractivity contribution in [2.45, 2.75) is 38.8 Å². The summed E-state index contributed by atoms with van der Waals surface area (Å²) in [6.45, 7) is 3.02. The van der Waals surface area contributed by atoms with Crippen LogP contribution in [0.5, 0.6) is 0 Å². The second-order valence-electron chi connectivity index (χ2n) is 6.26. The lowest BCUT2D eigenvalue weighted by atomic mass is 9.86. The minimum Gasteiger partial charge on any atom is -0.357 e. The van der Waals surface area contributed by atoms with Gasteiger partial charge in [-0.2, -0.15) is 0 Å². The first-order valence-corrected chi connectivity index (χ1v) is 7.65. The van der Waals surface area contributed by atoms with Crippen molar-refractivity contribution in [3.63, 3.8) is 0 Å². The number of nitrogens with zero attached hydrogens (tertiary/aromatic N) is 1. The van der Waals surface area contributed by atoms with E-state index in [4.69, 9.17) is 0 Å². The van der Waals surface area contributed by atoms with Crippen molar-refractivity contribution in [1.29, 1.82) is 0 Å². The molecule has 0 radical (unpaired) electrons. The fraction of sp³-hybridized carbons (Fsp3) is 0.316. The monoisotopic (exact) mass is 277 g/mol. The average molecular weight is 277 g/mol. The Morgan fingerprint density at radius 2 is 1.95 bits per heavy atom. The van der Waals surface area contributed by atoms with E-state index in [0.29, 0.717) is 12.2 Å². The number of fused-ring (bicyclic) bond motifs is 2. The van der Waals surface area contributed by atoms with Crippen molar-refractivity contribution in [2.24, 2.45) is 0 Å². The van der Waals surface area contributed by atoms with E-state index in [1.54, 1.807) is 0 Å². The fourth-order valence-corrected chi connectivity index (χ4v) is 3.67. The van der Waals surface area contributed by atoms with Gasteiger partial charge in [0.1, 0.15) is 0 Å². The first-order chi connectivity index (χ1) is 10.2. The molecular formula is C19H19NO. The predicted molar refractivity (Wildman–Crippen MR) is 83.6 cm³/mol. The van der Waals surface area contributed by atoms with Crippen molar-refractivity contribution < 1.29 is 4.79 Å². The van der Waals surface area contributed by atoms with Gasteiger partial charge in [0.2, 0.25) is 0 Å². The number of hydrogen-bond acceptors (Lipinski definition) is 2. The van der Waals surface area contributed by atoms with Crippen molar-refractivity contribution in [3.8, 4) is 0 Å². The van der Waals surface area contributed by atoms with Crippen LogP contribution >= 0.6 is 0 Å². The first-order valence-electron chi connectivity index (χ1n) is 7.65. The van der Waals surface area contributed by atoms with Crippen molar-refractivity contribution in [3.05, 3.63) is 70.5 Å². The SMILES string of the molecule is CC1=CC=C(C2=CCC(=O)C3Cc4ccccc4CN23)C1. The second kappa shape index (κ2) is 4.73. The normalized spacial score (nSPS) is 24.0. The number of allylic oxidation sites excluding steroid dienone is 5. The lowest BCUT2D eigenvalue weighted by Crippen LogP contribution is -2.47. The van der Waals surface area contributed by atoms with Crippen LogP contribution < -0.4 is 0 Å². The molecule has 0 aromatic heterocycles. The van der Waals surface area contributed by atoms with Gasteiger partial charge < -0.3 is 4.90 Å². The molecule has 4 rings (SSSR count). The van der Waals surface area contributed by atoms with E-state index in [2.05, 4.69) is 54.3 Å². The predicted octanol–water partition coefficient (Wildman–Crippen LogP) is 3.55. The maximum Gasteiger partial charge on any atom is 0.159 e. The molecule has 2 nitrogen and oxygen atoms in total. The Kier molecular flexibility index (Phi) is 2.85. The summed E-state index contributed by atoms with van der Waals surface area (Å²) in [6.07, 6.45) is 8.99. The summed E-state index contributed by atoms with van der Waals surface area (Å²) >= 11 is 0. The third kappa shape index (κ3) is 2.06. The molecule has 0 spiro atoms. The summed E-state index contributed by atoms with van der Waals surface area (Å²) in [6, 6.07) is 8.55. The van der Waals surface area contributed by atoms with E-state index in [0.717, 1.165) is 19.4 Å². The molecule has 2 aliphatic heterocycles. The summed E-state index contributed by atoms with van der Waals surface area (Å²) in [7, 11) is 0. The molecular weight excluding hydrogens is 258 g/mol. The zero-order chi connectivity index (χ0) is 14.4. The van der Waals surface area contributed by atoms with Crippen molar-refractivity contribution in [1.82, 2.24) is 4.90 Å². The van der Waals surface area contributed by atoms with E-state index in [-0.39, 0.29) is 6.04 Å². The summed E-state index contributed by atoms with van der Waals surface area (Å²) in [5.74, 6) is 0.358. The van der Waals surface area contributed by atoms with Crippen LogP contribution in [-0.4, -0.2) is 16.7 Å². The topological polar surface area (TPSA) is 20.3 Å². The highest BCUT2D eigenvalue weighted by Crippen LogP contribution is 2.36. The molecule has 1 unspecified atom stereocenters. The van der Waals surface area contributed by atoms with Crippen LogP contribution in [0.1, 0.15) is 30.9 Å². The Morgan fingerprint density at radius 3 is 2.71 bits per heavy atom. The van der Waals surface area contributed by atoms with Crippen LogP contribution in [0.4, 0.5) is 0 Å². The molecule has 1 atom stereocenters. The van der Waals surface area contributed by atoms with Crippen LogP contribution in [0, 0.1) is 0 Å². The lowest BCUT2D eigenvalue weighted by molar-refractivity contribution is -0.124. The third-order valence-corrected chi connectivity index (χ3v) is 4.79. The molecule has 0 bridgehead atoms. The van der Waals surface area contributed by atoms with Gasteiger partial charge in [0.15, 0.2) is 5.78 Å². The fourth-order valence-electron chi connectivity index (χ4n) is 3.67. The molecule has 3 aliphatic rings. The van der Waals surface area contributed by atoms with Gasteiger partial charge in [-0.1, -0.05) is 48.1 Å². The molecule has 1 aliphatic carbocycles. The summed E-state index contributed by atoms with van der Waals surface area (Å²) in [5.41, 5.74) is 6.74. The number of carbonyl (C=O) groups is 1. The minimum atomic E-state index is 0.0294. The van der Waals surface area contributed by atoms with Gasteiger partial charge in [-0.3, -0.25) is 4.79 Å². The molecule has 0 saturated carbocycles. The zero-order valence-electron chi connectivity index (χ0n) is 12.3. The molecule has 21 heavy (non-hydrogen) atoms. The van der Waals surface area contributed by atoms with Crippen molar-refractivity contribution >= 4 is 5.78 Å². The standard InChI is InChI=1S/C19H19NO/c1-13-6-7-15(10-13)17-8-9-19(21)18-11-14-4-2-3-5-16(14)12-20(17)18/h2-8,18H,9-12H2,1H3. The number of hydrogen-bond donors (Lipinski definition) is 0.